The lowest BCUT2D eigenvalue weighted by Gasteiger charge is -2.18. The first-order chi connectivity index (χ1) is 11.2. The zero-order valence-electron chi connectivity index (χ0n) is 13.3. The second-order valence-electron chi connectivity index (χ2n) is 4.65. The monoisotopic (exact) mass is 317 g/mol. The van der Waals surface area contributed by atoms with Crippen molar-refractivity contribution in [2.75, 3.05) is 27.9 Å². The minimum atomic E-state index is -0.375. The van der Waals surface area contributed by atoms with Gasteiger partial charge in [-0.25, -0.2) is 0 Å². The molecule has 2 aromatic rings. The SMILES string of the molecule is COC[C@@H](NC(=O)c1ccc(OC)nc1OC)c1ccccn1. The van der Waals surface area contributed by atoms with Gasteiger partial charge >= 0.3 is 0 Å². The molecule has 0 radical (unpaired) electrons. The van der Waals surface area contributed by atoms with Crippen LogP contribution in [0.3, 0.4) is 0 Å². The maximum atomic E-state index is 12.5. The van der Waals surface area contributed by atoms with Gasteiger partial charge in [-0.05, 0) is 18.2 Å². The number of ether oxygens (including phenoxy) is 3. The van der Waals surface area contributed by atoms with Gasteiger partial charge in [-0.1, -0.05) is 6.07 Å². The minimum absolute atomic E-state index is 0.194. The molecule has 2 aromatic heterocycles. The van der Waals surface area contributed by atoms with Gasteiger partial charge in [-0.3, -0.25) is 9.78 Å². The molecule has 7 nitrogen and oxygen atoms in total. The highest BCUT2D eigenvalue weighted by Crippen LogP contribution is 2.21. The third-order valence-corrected chi connectivity index (χ3v) is 3.17. The van der Waals surface area contributed by atoms with E-state index in [-0.39, 0.29) is 17.8 Å². The number of carbonyl (C=O) groups is 1. The lowest BCUT2D eigenvalue weighted by Crippen LogP contribution is -2.32. The number of hydrogen-bond donors (Lipinski definition) is 1. The Kier molecular flexibility index (Phi) is 5.87. The van der Waals surface area contributed by atoms with Crippen LogP contribution in [-0.2, 0) is 4.74 Å². The molecule has 122 valence electrons. The molecule has 0 spiro atoms. The van der Waals surface area contributed by atoms with Gasteiger partial charge in [0.05, 0.1) is 32.6 Å². The second kappa shape index (κ2) is 8.09. The van der Waals surface area contributed by atoms with E-state index in [1.807, 2.05) is 18.2 Å². The van der Waals surface area contributed by atoms with Gasteiger partial charge in [0.15, 0.2) is 0 Å². The van der Waals surface area contributed by atoms with Crippen LogP contribution in [0.2, 0.25) is 0 Å². The van der Waals surface area contributed by atoms with E-state index in [1.54, 1.807) is 25.4 Å². The number of pyridine rings is 2. The van der Waals surface area contributed by atoms with Crippen LogP contribution in [0.15, 0.2) is 36.5 Å². The lowest BCUT2D eigenvalue weighted by molar-refractivity contribution is 0.0890. The Hall–Kier alpha value is -2.67. The number of nitrogens with zero attached hydrogens (tertiary/aromatic N) is 2. The largest absolute Gasteiger partial charge is 0.481 e. The zero-order chi connectivity index (χ0) is 16.7. The van der Waals surface area contributed by atoms with Gasteiger partial charge in [-0.15, -0.1) is 0 Å². The molecule has 0 saturated heterocycles. The molecule has 2 heterocycles. The first-order valence-corrected chi connectivity index (χ1v) is 6.99. The van der Waals surface area contributed by atoms with Crippen molar-refractivity contribution in [3.63, 3.8) is 0 Å². The van der Waals surface area contributed by atoms with Crippen LogP contribution in [-0.4, -0.2) is 43.8 Å². The highest BCUT2D eigenvalue weighted by Gasteiger charge is 2.20. The average Bonchev–Trinajstić information content (AvgIpc) is 2.61. The molecule has 1 N–H and O–H groups in total. The number of rotatable bonds is 7. The first-order valence-electron chi connectivity index (χ1n) is 6.99. The quantitative estimate of drug-likeness (QED) is 0.835. The van der Waals surface area contributed by atoms with Gasteiger partial charge in [-0.2, -0.15) is 4.98 Å². The Morgan fingerprint density at radius 3 is 2.61 bits per heavy atom. The van der Waals surface area contributed by atoms with E-state index in [9.17, 15) is 4.79 Å². The number of nitrogens with one attached hydrogen (secondary N) is 1. The third kappa shape index (κ3) is 4.17. The Morgan fingerprint density at radius 1 is 1.17 bits per heavy atom. The van der Waals surface area contributed by atoms with Crippen molar-refractivity contribution in [2.45, 2.75) is 6.04 Å². The Balaban J connectivity index is 2.22. The zero-order valence-corrected chi connectivity index (χ0v) is 13.3. The van der Waals surface area contributed by atoms with Gasteiger partial charge in [0.2, 0.25) is 11.8 Å². The lowest BCUT2D eigenvalue weighted by atomic mass is 10.1. The highest BCUT2D eigenvalue weighted by atomic mass is 16.5. The van der Waals surface area contributed by atoms with Gasteiger partial charge in [0.25, 0.3) is 5.91 Å². The van der Waals surface area contributed by atoms with E-state index >= 15 is 0 Å². The van der Waals surface area contributed by atoms with Crippen LogP contribution < -0.4 is 14.8 Å². The third-order valence-electron chi connectivity index (χ3n) is 3.17. The molecule has 0 saturated carbocycles. The van der Waals surface area contributed by atoms with Crippen LogP contribution in [0.5, 0.6) is 11.8 Å². The van der Waals surface area contributed by atoms with E-state index in [2.05, 4.69) is 15.3 Å². The van der Waals surface area contributed by atoms with Crippen molar-refractivity contribution in [2.24, 2.45) is 0 Å². The normalized spacial score (nSPS) is 11.6. The van der Waals surface area contributed by atoms with E-state index < -0.39 is 0 Å². The number of carbonyl (C=O) groups excluding carboxylic acids is 1. The van der Waals surface area contributed by atoms with Crippen LogP contribution in [0.4, 0.5) is 0 Å². The summed E-state index contributed by atoms with van der Waals surface area (Å²) in [7, 11) is 4.51. The van der Waals surface area contributed by atoms with Crippen molar-refractivity contribution in [3.05, 3.63) is 47.8 Å². The molecule has 0 fully saturated rings. The van der Waals surface area contributed by atoms with Crippen molar-refractivity contribution in [1.29, 1.82) is 0 Å². The molecule has 2 rings (SSSR count). The molecular formula is C16H19N3O4. The first kappa shape index (κ1) is 16.7. The number of hydrogen-bond acceptors (Lipinski definition) is 6. The number of methoxy groups -OCH3 is 3. The van der Waals surface area contributed by atoms with E-state index in [4.69, 9.17) is 14.2 Å². The summed E-state index contributed by atoms with van der Waals surface area (Å²) in [5.74, 6) is 0.236. The molecule has 7 heteroatoms. The summed E-state index contributed by atoms with van der Waals surface area (Å²) in [5.41, 5.74) is 1.02. The highest BCUT2D eigenvalue weighted by molar-refractivity contribution is 5.96. The summed E-state index contributed by atoms with van der Waals surface area (Å²) in [6.45, 7) is 0.300. The van der Waals surface area contributed by atoms with Crippen molar-refractivity contribution >= 4 is 5.91 Å². The van der Waals surface area contributed by atoms with E-state index in [0.717, 1.165) is 0 Å². The molecule has 0 aliphatic carbocycles. The van der Waals surface area contributed by atoms with Crippen molar-refractivity contribution in [3.8, 4) is 11.8 Å². The smallest absolute Gasteiger partial charge is 0.257 e. The van der Waals surface area contributed by atoms with Gasteiger partial charge in [0.1, 0.15) is 5.56 Å². The summed E-state index contributed by atoms with van der Waals surface area (Å²) in [5, 5.41) is 2.88. The molecule has 0 aliphatic heterocycles. The fraction of sp³-hybridized carbons (Fsp3) is 0.312. The van der Waals surface area contributed by atoms with Crippen molar-refractivity contribution < 1.29 is 19.0 Å². The second-order valence-corrected chi connectivity index (χ2v) is 4.65. The Bertz CT molecular complexity index is 649. The van der Waals surface area contributed by atoms with Crippen LogP contribution in [0, 0.1) is 0 Å². The summed E-state index contributed by atoms with van der Waals surface area (Å²) in [6.07, 6.45) is 1.67. The summed E-state index contributed by atoms with van der Waals surface area (Å²) >= 11 is 0. The molecule has 0 unspecified atom stereocenters. The predicted octanol–water partition coefficient (Wildman–Crippen LogP) is 1.61. The van der Waals surface area contributed by atoms with Crippen LogP contribution in [0.1, 0.15) is 22.1 Å². The summed E-state index contributed by atoms with van der Waals surface area (Å²) < 4.78 is 15.4. The predicted molar refractivity (Wildman–Crippen MR) is 83.7 cm³/mol. The molecule has 0 aliphatic rings. The van der Waals surface area contributed by atoms with E-state index in [1.165, 1.54) is 14.2 Å². The maximum Gasteiger partial charge on any atom is 0.257 e. The minimum Gasteiger partial charge on any atom is -0.481 e. The summed E-state index contributed by atoms with van der Waals surface area (Å²) in [6, 6.07) is 8.32. The van der Waals surface area contributed by atoms with Crippen LogP contribution in [0.25, 0.3) is 0 Å². The summed E-state index contributed by atoms with van der Waals surface area (Å²) in [4.78, 5) is 20.9. The number of amides is 1. The Morgan fingerprint density at radius 2 is 2.00 bits per heavy atom. The molecule has 0 bridgehead atoms. The average molecular weight is 317 g/mol. The number of aromatic nitrogens is 2. The fourth-order valence-electron chi connectivity index (χ4n) is 2.05. The van der Waals surface area contributed by atoms with Gasteiger partial charge in [0, 0.05) is 19.4 Å². The topological polar surface area (TPSA) is 82.6 Å². The van der Waals surface area contributed by atoms with Crippen molar-refractivity contribution in [1.82, 2.24) is 15.3 Å². The molecule has 0 aromatic carbocycles. The standard InChI is InChI=1S/C16H19N3O4/c1-21-10-13(12-6-4-5-9-17-12)18-15(20)11-7-8-14(22-2)19-16(11)23-3/h4-9,13H,10H2,1-3H3,(H,18,20)/t13-/m1/s1. The van der Waals surface area contributed by atoms with E-state index in [0.29, 0.717) is 23.7 Å². The van der Waals surface area contributed by atoms with Gasteiger partial charge < -0.3 is 19.5 Å². The van der Waals surface area contributed by atoms with Crippen LogP contribution >= 0.6 is 0 Å². The maximum absolute atomic E-state index is 12.5. The molecule has 23 heavy (non-hydrogen) atoms. The molecular weight excluding hydrogens is 298 g/mol. The molecule has 1 atom stereocenters. The fourth-order valence-corrected chi connectivity index (χ4v) is 2.05. The Labute approximate surface area is 134 Å². The molecule has 1 amide bonds.